The molecule has 6 nitrogen and oxygen atoms in total. The highest BCUT2D eigenvalue weighted by Crippen LogP contribution is 2.21. The van der Waals surface area contributed by atoms with E-state index in [1.807, 2.05) is 18.2 Å². The minimum Gasteiger partial charge on any atom is -0.361 e. The third kappa shape index (κ3) is 4.05. The summed E-state index contributed by atoms with van der Waals surface area (Å²) in [5.41, 5.74) is 1.26. The molecule has 0 aliphatic heterocycles. The summed E-state index contributed by atoms with van der Waals surface area (Å²) in [5, 5.41) is 7.84. The van der Waals surface area contributed by atoms with Crippen molar-refractivity contribution in [3.63, 3.8) is 0 Å². The summed E-state index contributed by atoms with van der Waals surface area (Å²) >= 11 is 1.65. The number of hydrogen-bond acceptors (Lipinski definition) is 7. The van der Waals surface area contributed by atoms with E-state index in [9.17, 15) is 0 Å². The first kappa shape index (κ1) is 14.5. The number of rotatable bonds is 6. The van der Waals surface area contributed by atoms with Crippen LogP contribution >= 0.6 is 11.8 Å². The van der Waals surface area contributed by atoms with Gasteiger partial charge in [0.05, 0.1) is 18.9 Å². The average molecular weight is 313 g/mol. The van der Waals surface area contributed by atoms with Crippen molar-refractivity contribution < 1.29 is 4.52 Å². The van der Waals surface area contributed by atoms with E-state index in [1.165, 1.54) is 5.56 Å². The Morgan fingerprint density at radius 1 is 1.14 bits per heavy atom. The van der Waals surface area contributed by atoms with Gasteiger partial charge in [-0.05, 0) is 5.56 Å². The maximum absolute atomic E-state index is 4.92. The van der Waals surface area contributed by atoms with E-state index in [0.29, 0.717) is 24.1 Å². The summed E-state index contributed by atoms with van der Waals surface area (Å²) in [5.74, 6) is 2.71. The van der Waals surface area contributed by atoms with Crippen LogP contribution in [0.2, 0.25) is 0 Å². The van der Waals surface area contributed by atoms with Gasteiger partial charge >= 0.3 is 0 Å². The monoisotopic (exact) mass is 313 g/mol. The van der Waals surface area contributed by atoms with Crippen molar-refractivity contribution in [2.45, 2.75) is 24.2 Å². The number of nitrogens with one attached hydrogen (secondary N) is 1. The quantitative estimate of drug-likeness (QED) is 0.701. The lowest BCUT2D eigenvalue weighted by atomic mass is 10.2. The Bertz CT molecular complexity index is 732. The van der Waals surface area contributed by atoms with E-state index >= 15 is 0 Å². The molecule has 1 N–H and O–H groups in total. The minimum atomic E-state index is 0.457. The summed E-state index contributed by atoms with van der Waals surface area (Å²) in [6.45, 7) is 2.22. The van der Waals surface area contributed by atoms with Crippen molar-refractivity contribution in [1.82, 2.24) is 20.1 Å². The van der Waals surface area contributed by atoms with Crippen molar-refractivity contribution in [3.8, 4) is 0 Å². The van der Waals surface area contributed by atoms with Crippen LogP contribution in [-0.4, -0.2) is 20.1 Å². The Hall–Kier alpha value is -2.41. The number of hydrogen-bond donors (Lipinski definition) is 1. The Labute approximate surface area is 132 Å². The van der Waals surface area contributed by atoms with E-state index in [2.05, 4.69) is 37.6 Å². The number of aromatic nitrogens is 4. The van der Waals surface area contributed by atoms with Gasteiger partial charge in [-0.3, -0.25) is 4.98 Å². The second kappa shape index (κ2) is 7.04. The molecule has 0 fully saturated rings. The molecule has 0 aliphatic rings. The highest BCUT2D eigenvalue weighted by Gasteiger charge is 2.04. The third-order valence-electron chi connectivity index (χ3n) is 2.84. The van der Waals surface area contributed by atoms with Gasteiger partial charge < -0.3 is 9.84 Å². The van der Waals surface area contributed by atoms with Crippen molar-refractivity contribution in [2.75, 3.05) is 5.32 Å². The van der Waals surface area contributed by atoms with Gasteiger partial charge in [-0.25, -0.2) is 4.98 Å². The molecule has 22 heavy (non-hydrogen) atoms. The lowest BCUT2D eigenvalue weighted by Gasteiger charge is -2.05. The van der Waals surface area contributed by atoms with Crippen LogP contribution in [0, 0.1) is 6.92 Å². The van der Waals surface area contributed by atoms with Gasteiger partial charge in [-0.1, -0.05) is 35.5 Å². The van der Waals surface area contributed by atoms with Gasteiger partial charge in [0.25, 0.3) is 0 Å². The normalized spacial score (nSPS) is 10.6. The van der Waals surface area contributed by atoms with Crippen LogP contribution in [0.5, 0.6) is 0 Å². The molecule has 0 aliphatic carbocycles. The largest absolute Gasteiger partial charge is 0.361 e. The van der Waals surface area contributed by atoms with Crippen molar-refractivity contribution in [3.05, 3.63) is 60.0 Å². The molecule has 0 atom stereocenters. The predicted molar refractivity (Wildman–Crippen MR) is 84.4 cm³/mol. The first-order valence-corrected chi connectivity index (χ1v) is 7.80. The fourth-order valence-electron chi connectivity index (χ4n) is 1.82. The van der Waals surface area contributed by atoms with E-state index in [-0.39, 0.29) is 0 Å². The molecule has 0 radical (unpaired) electrons. The van der Waals surface area contributed by atoms with Crippen LogP contribution in [0.1, 0.15) is 17.3 Å². The van der Waals surface area contributed by atoms with Crippen LogP contribution in [0.15, 0.2) is 52.3 Å². The van der Waals surface area contributed by atoms with E-state index in [1.54, 1.807) is 31.1 Å². The molecule has 0 saturated heterocycles. The van der Waals surface area contributed by atoms with Crippen LogP contribution in [0.25, 0.3) is 0 Å². The standard InChI is InChI=1S/C15H15N5OS/c1-11-18-14(20-21-11)8-17-13-7-16-9-15(19-13)22-10-12-5-3-2-4-6-12/h2-7,9H,8,10H2,1H3,(H,17,19). The molecule has 3 rings (SSSR count). The Balaban J connectivity index is 1.57. The molecule has 0 amide bonds. The molecule has 0 saturated carbocycles. The van der Waals surface area contributed by atoms with Crippen molar-refractivity contribution in [2.24, 2.45) is 0 Å². The number of nitrogens with zero attached hydrogens (tertiary/aromatic N) is 4. The average Bonchev–Trinajstić information content (AvgIpc) is 2.98. The number of thioether (sulfide) groups is 1. The fourth-order valence-corrected chi connectivity index (χ4v) is 2.62. The molecule has 2 aromatic heterocycles. The van der Waals surface area contributed by atoms with Crippen LogP contribution < -0.4 is 5.32 Å². The lowest BCUT2D eigenvalue weighted by Crippen LogP contribution is -2.03. The van der Waals surface area contributed by atoms with E-state index in [4.69, 9.17) is 4.52 Å². The van der Waals surface area contributed by atoms with Gasteiger partial charge in [-0.2, -0.15) is 4.98 Å². The molecule has 7 heteroatoms. The van der Waals surface area contributed by atoms with Gasteiger partial charge in [0.2, 0.25) is 5.89 Å². The molecule has 0 unspecified atom stereocenters. The zero-order valence-electron chi connectivity index (χ0n) is 12.1. The second-order valence-electron chi connectivity index (χ2n) is 4.60. The van der Waals surface area contributed by atoms with Crippen molar-refractivity contribution in [1.29, 1.82) is 0 Å². The topological polar surface area (TPSA) is 76.7 Å². The zero-order chi connectivity index (χ0) is 15.2. The maximum atomic E-state index is 4.92. The maximum Gasteiger partial charge on any atom is 0.223 e. The Kier molecular flexibility index (Phi) is 4.65. The predicted octanol–water partition coefficient (Wildman–Crippen LogP) is 3.07. The molecule has 0 bridgehead atoms. The number of benzene rings is 1. The number of anilines is 1. The van der Waals surface area contributed by atoms with Crippen molar-refractivity contribution >= 4 is 17.6 Å². The molecule has 112 valence electrons. The Morgan fingerprint density at radius 2 is 2.00 bits per heavy atom. The summed E-state index contributed by atoms with van der Waals surface area (Å²) in [6, 6.07) is 10.3. The fraction of sp³-hybridized carbons (Fsp3) is 0.200. The van der Waals surface area contributed by atoms with Crippen LogP contribution in [0.3, 0.4) is 0 Å². The summed E-state index contributed by atoms with van der Waals surface area (Å²) in [7, 11) is 0. The van der Waals surface area contributed by atoms with Crippen LogP contribution in [-0.2, 0) is 12.3 Å². The third-order valence-corrected chi connectivity index (χ3v) is 3.81. The van der Waals surface area contributed by atoms with E-state index < -0.39 is 0 Å². The number of aryl methyl sites for hydroxylation is 1. The summed E-state index contributed by atoms with van der Waals surface area (Å²) in [4.78, 5) is 12.8. The molecule has 2 heterocycles. The van der Waals surface area contributed by atoms with Gasteiger partial charge in [0.1, 0.15) is 10.8 Å². The zero-order valence-corrected chi connectivity index (χ0v) is 12.9. The lowest BCUT2D eigenvalue weighted by molar-refractivity contribution is 0.388. The minimum absolute atomic E-state index is 0.457. The molecular weight excluding hydrogens is 298 g/mol. The van der Waals surface area contributed by atoms with Crippen LogP contribution in [0.4, 0.5) is 5.82 Å². The second-order valence-corrected chi connectivity index (χ2v) is 5.60. The molecule has 0 spiro atoms. The molecule has 1 aromatic carbocycles. The molecule has 3 aromatic rings. The summed E-state index contributed by atoms with van der Waals surface area (Å²) < 4.78 is 4.92. The first-order chi connectivity index (χ1) is 10.8. The first-order valence-electron chi connectivity index (χ1n) is 6.81. The highest BCUT2D eigenvalue weighted by atomic mass is 32.2. The van der Waals surface area contributed by atoms with Gasteiger partial charge in [0, 0.05) is 12.7 Å². The van der Waals surface area contributed by atoms with Gasteiger partial charge in [0.15, 0.2) is 5.82 Å². The summed E-state index contributed by atoms with van der Waals surface area (Å²) in [6.07, 6.45) is 3.44. The van der Waals surface area contributed by atoms with E-state index in [0.717, 1.165) is 10.8 Å². The highest BCUT2D eigenvalue weighted by molar-refractivity contribution is 7.98. The van der Waals surface area contributed by atoms with Gasteiger partial charge in [-0.15, -0.1) is 11.8 Å². The molecular formula is C15H15N5OS. The SMILES string of the molecule is Cc1nc(CNc2cncc(SCc3ccccc3)n2)no1. The Morgan fingerprint density at radius 3 is 2.77 bits per heavy atom. The smallest absolute Gasteiger partial charge is 0.223 e.